The normalized spacial score (nSPS) is 13.6. The molecule has 0 aliphatic heterocycles. The highest BCUT2D eigenvalue weighted by Gasteiger charge is 2.17. The third-order valence-corrected chi connectivity index (χ3v) is 4.81. The maximum Gasteiger partial charge on any atom is 0.156 e. The van der Waals surface area contributed by atoms with Gasteiger partial charge in [0.1, 0.15) is 8.96 Å². The van der Waals surface area contributed by atoms with Crippen LogP contribution >= 0.6 is 0 Å². The minimum Gasteiger partial charge on any atom is -0.353 e. The van der Waals surface area contributed by atoms with Crippen LogP contribution in [0, 0.1) is 0 Å². The molecule has 0 saturated carbocycles. The number of rotatable bonds is 8. The molecule has 0 aromatic carbocycles. The molecule has 0 N–H and O–H groups in total. The topological polar surface area (TPSA) is 21.7 Å². The molecule has 3 nitrogen and oxygen atoms in total. The van der Waals surface area contributed by atoms with Gasteiger partial charge in [0.25, 0.3) is 0 Å². The van der Waals surface area contributed by atoms with Gasteiger partial charge in [-0.25, -0.2) is 0 Å². The van der Waals surface area contributed by atoms with Gasteiger partial charge >= 0.3 is 0 Å². The van der Waals surface area contributed by atoms with Crippen molar-refractivity contribution in [2.45, 2.75) is 26.2 Å². The summed E-state index contributed by atoms with van der Waals surface area (Å²) >= 11 is 0. The molecule has 1 atom stereocenters. The lowest BCUT2D eigenvalue weighted by Crippen LogP contribution is -2.36. The molecule has 0 heterocycles. The molecule has 4 heteroatoms. The van der Waals surface area contributed by atoms with Crippen molar-refractivity contribution < 1.29 is 9.47 Å². The van der Waals surface area contributed by atoms with Gasteiger partial charge in [-0.15, -0.1) is 6.58 Å². The highest BCUT2D eigenvalue weighted by atomic mass is 28.3. The quantitative estimate of drug-likeness (QED) is 0.453. The van der Waals surface area contributed by atoms with Gasteiger partial charge in [-0.3, -0.25) is 0 Å². The number of hydrogen-bond acceptors (Lipinski definition) is 3. The average molecular weight is 217 g/mol. The van der Waals surface area contributed by atoms with Crippen molar-refractivity contribution in [3.8, 4) is 0 Å². The molecule has 0 radical (unpaired) electrons. The molecular weight excluding hydrogens is 194 g/mol. The molecule has 0 rings (SSSR count). The van der Waals surface area contributed by atoms with Gasteiger partial charge in [-0.1, -0.05) is 5.70 Å². The van der Waals surface area contributed by atoms with Crippen molar-refractivity contribution in [3.63, 3.8) is 0 Å². The third kappa shape index (κ3) is 5.54. The van der Waals surface area contributed by atoms with Crippen molar-refractivity contribution in [3.05, 3.63) is 12.3 Å². The van der Waals surface area contributed by atoms with Crippen LogP contribution in [0.5, 0.6) is 0 Å². The Hall–Kier alpha value is -0.163. The van der Waals surface area contributed by atoms with E-state index in [2.05, 4.69) is 30.9 Å². The minimum atomic E-state index is -1.06. The van der Waals surface area contributed by atoms with Crippen LogP contribution in [0.4, 0.5) is 0 Å². The lowest BCUT2D eigenvalue weighted by atomic mass is 10.7. The van der Waals surface area contributed by atoms with Crippen molar-refractivity contribution in [2.24, 2.45) is 0 Å². The summed E-state index contributed by atoms with van der Waals surface area (Å²) in [4.78, 5) is 0. The van der Waals surface area contributed by atoms with Gasteiger partial charge in [-0.05, 0) is 27.9 Å². The number of hydrogen-bond donors (Lipinski definition) is 0. The van der Waals surface area contributed by atoms with Crippen molar-refractivity contribution >= 4 is 8.96 Å². The molecule has 0 aromatic rings. The molecule has 0 fully saturated rings. The molecule has 0 bridgehead atoms. The standard InChI is InChI=1S/C10H23NO2Si/c1-6-12-10(13-7-2)9-14(8-3)11(4)5/h8,10,14H,3,6-7,9H2,1-2,4-5H3. The van der Waals surface area contributed by atoms with Crippen LogP contribution in [0.25, 0.3) is 0 Å². The fraction of sp³-hybridized carbons (Fsp3) is 0.800. The lowest BCUT2D eigenvalue weighted by Gasteiger charge is -2.24. The van der Waals surface area contributed by atoms with Crippen LogP contribution in [0.3, 0.4) is 0 Å². The summed E-state index contributed by atoms with van der Waals surface area (Å²) in [7, 11) is 3.12. The van der Waals surface area contributed by atoms with Crippen molar-refractivity contribution in [1.82, 2.24) is 4.57 Å². The first-order chi connectivity index (χ1) is 6.65. The summed E-state index contributed by atoms with van der Waals surface area (Å²) in [5.74, 6) is 0. The monoisotopic (exact) mass is 217 g/mol. The zero-order valence-corrected chi connectivity index (χ0v) is 11.0. The second-order valence-electron chi connectivity index (χ2n) is 3.34. The summed E-state index contributed by atoms with van der Waals surface area (Å²) in [5, 5.41) is 0. The molecule has 84 valence electrons. The van der Waals surface area contributed by atoms with Crippen LogP contribution in [0.2, 0.25) is 6.04 Å². The highest BCUT2D eigenvalue weighted by molar-refractivity contribution is 6.61. The van der Waals surface area contributed by atoms with E-state index in [1.807, 2.05) is 13.8 Å². The Kier molecular flexibility index (Phi) is 8.08. The fourth-order valence-electron chi connectivity index (χ4n) is 1.27. The Bertz CT molecular complexity index is 147. The summed E-state index contributed by atoms with van der Waals surface area (Å²) in [6.07, 6.45) is -0.0536. The Labute approximate surface area is 89.4 Å². The highest BCUT2D eigenvalue weighted by Crippen LogP contribution is 2.08. The van der Waals surface area contributed by atoms with E-state index in [-0.39, 0.29) is 6.29 Å². The maximum absolute atomic E-state index is 5.50. The number of nitrogens with zero attached hydrogens (tertiary/aromatic N) is 1. The molecule has 14 heavy (non-hydrogen) atoms. The van der Waals surface area contributed by atoms with E-state index in [1.165, 1.54) is 0 Å². The first-order valence-electron chi connectivity index (χ1n) is 5.17. The predicted octanol–water partition coefficient (Wildman–Crippen LogP) is 1.40. The largest absolute Gasteiger partial charge is 0.353 e. The van der Waals surface area contributed by atoms with Gasteiger partial charge in [0, 0.05) is 19.3 Å². The van der Waals surface area contributed by atoms with E-state index in [0.29, 0.717) is 13.2 Å². The Morgan fingerprint density at radius 2 is 1.79 bits per heavy atom. The van der Waals surface area contributed by atoms with Crippen molar-refractivity contribution in [2.75, 3.05) is 27.3 Å². The van der Waals surface area contributed by atoms with Crippen LogP contribution in [0.1, 0.15) is 13.8 Å². The SMILES string of the molecule is C=C[SiH](CC(OCC)OCC)N(C)C. The van der Waals surface area contributed by atoms with Gasteiger partial charge < -0.3 is 14.0 Å². The predicted molar refractivity (Wildman–Crippen MR) is 62.9 cm³/mol. The van der Waals surface area contributed by atoms with E-state index in [1.54, 1.807) is 0 Å². The zero-order valence-electron chi connectivity index (χ0n) is 9.82. The smallest absolute Gasteiger partial charge is 0.156 e. The second kappa shape index (κ2) is 8.17. The molecule has 0 saturated heterocycles. The molecular formula is C10H23NO2Si. The lowest BCUT2D eigenvalue weighted by molar-refractivity contribution is -0.123. The zero-order chi connectivity index (χ0) is 11.0. The minimum absolute atomic E-state index is 0.0536. The molecule has 0 amide bonds. The average Bonchev–Trinajstić information content (AvgIpc) is 2.14. The first-order valence-corrected chi connectivity index (χ1v) is 7.17. The van der Waals surface area contributed by atoms with E-state index in [4.69, 9.17) is 9.47 Å². The van der Waals surface area contributed by atoms with Crippen molar-refractivity contribution in [1.29, 1.82) is 0 Å². The van der Waals surface area contributed by atoms with Crippen LogP contribution in [-0.4, -0.2) is 47.1 Å². The van der Waals surface area contributed by atoms with E-state index >= 15 is 0 Å². The van der Waals surface area contributed by atoms with Crippen LogP contribution < -0.4 is 0 Å². The van der Waals surface area contributed by atoms with E-state index in [9.17, 15) is 0 Å². The van der Waals surface area contributed by atoms with Gasteiger partial charge in [0.15, 0.2) is 6.29 Å². The molecule has 0 aliphatic carbocycles. The van der Waals surface area contributed by atoms with E-state index < -0.39 is 8.96 Å². The van der Waals surface area contributed by atoms with Gasteiger partial charge in [0.2, 0.25) is 0 Å². The van der Waals surface area contributed by atoms with E-state index in [0.717, 1.165) is 6.04 Å². The molecule has 1 unspecified atom stereocenters. The van der Waals surface area contributed by atoms with Crippen LogP contribution in [-0.2, 0) is 9.47 Å². The van der Waals surface area contributed by atoms with Gasteiger partial charge in [0.05, 0.1) is 0 Å². The summed E-state index contributed by atoms with van der Waals surface area (Å²) in [5.41, 5.74) is 2.06. The van der Waals surface area contributed by atoms with Gasteiger partial charge in [-0.2, -0.15) is 0 Å². The first kappa shape index (κ1) is 13.8. The molecule has 0 aliphatic rings. The number of ether oxygens (including phenoxy) is 2. The molecule has 0 aromatic heterocycles. The third-order valence-electron chi connectivity index (χ3n) is 2.07. The maximum atomic E-state index is 5.50. The second-order valence-corrected chi connectivity index (χ2v) is 6.45. The van der Waals surface area contributed by atoms with Crippen LogP contribution in [0.15, 0.2) is 12.3 Å². The summed E-state index contributed by atoms with van der Waals surface area (Å²) < 4.78 is 13.3. The Morgan fingerprint density at radius 3 is 2.07 bits per heavy atom. The Balaban J connectivity index is 4.03. The summed E-state index contributed by atoms with van der Waals surface area (Å²) in [6.45, 7) is 9.26. The summed E-state index contributed by atoms with van der Waals surface area (Å²) in [6, 6.07) is 0.970. The fourth-order valence-corrected chi connectivity index (χ4v) is 2.97. The Morgan fingerprint density at radius 1 is 1.29 bits per heavy atom. The molecule has 0 spiro atoms.